The molecule has 0 aliphatic rings. The summed E-state index contributed by atoms with van der Waals surface area (Å²) in [5.41, 5.74) is -0.0232. The SMILES string of the molecule is C=CC(=O)OC(=Nc1ccc(OC)cc1)C(F)(F)F. The summed E-state index contributed by atoms with van der Waals surface area (Å²) in [6.07, 6.45) is -4.26. The molecule has 0 aliphatic carbocycles. The molecule has 0 unspecified atom stereocenters. The van der Waals surface area contributed by atoms with E-state index in [4.69, 9.17) is 4.74 Å². The second-order valence-corrected chi connectivity index (χ2v) is 3.24. The first-order chi connectivity index (χ1) is 8.86. The number of carbonyl (C=O) groups is 1. The summed E-state index contributed by atoms with van der Waals surface area (Å²) in [7, 11) is 1.42. The van der Waals surface area contributed by atoms with Gasteiger partial charge in [0, 0.05) is 6.08 Å². The minimum absolute atomic E-state index is 0.0232. The second-order valence-electron chi connectivity index (χ2n) is 3.24. The number of benzene rings is 1. The Hall–Kier alpha value is -2.31. The summed E-state index contributed by atoms with van der Waals surface area (Å²) in [6, 6.07) is 5.46. The van der Waals surface area contributed by atoms with Crippen molar-refractivity contribution in [3.05, 3.63) is 36.9 Å². The minimum Gasteiger partial charge on any atom is -0.497 e. The molecule has 7 heteroatoms. The van der Waals surface area contributed by atoms with Crippen LogP contribution in [0.1, 0.15) is 0 Å². The van der Waals surface area contributed by atoms with Crippen molar-refractivity contribution in [2.45, 2.75) is 6.18 Å². The summed E-state index contributed by atoms with van der Waals surface area (Å²) < 4.78 is 46.7. The van der Waals surface area contributed by atoms with Gasteiger partial charge in [-0.15, -0.1) is 0 Å². The summed E-state index contributed by atoms with van der Waals surface area (Å²) in [4.78, 5) is 14.1. The third-order valence-corrected chi connectivity index (χ3v) is 1.91. The molecule has 1 aromatic carbocycles. The monoisotopic (exact) mass is 273 g/mol. The molecule has 0 bridgehead atoms. The zero-order valence-electron chi connectivity index (χ0n) is 9.90. The number of ether oxygens (including phenoxy) is 2. The van der Waals surface area contributed by atoms with Crippen LogP contribution >= 0.6 is 0 Å². The number of rotatable bonds is 3. The van der Waals surface area contributed by atoms with Gasteiger partial charge < -0.3 is 9.47 Å². The number of hydrogen-bond acceptors (Lipinski definition) is 4. The van der Waals surface area contributed by atoms with E-state index in [0.717, 1.165) is 0 Å². The van der Waals surface area contributed by atoms with Gasteiger partial charge in [0.2, 0.25) is 0 Å². The van der Waals surface area contributed by atoms with Gasteiger partial charge in [-0.3, -0.25) is 0 Å². The Morgan fingerprint density at radius 2 is 1.89 bits per heavy atom. The number of carbonyl (C=O) groups excluding carboxylic acids is 1. The number of nitrogens with zero attached hydrogens (tertiary/aromatic N) is 1. The fourth-order valence-corrected chi connectivity index (χ4v) is 1.06. The predicted molar refractivity (Wildman–Crippen MR) is 62.4 cm³/mol. The Morgan fingerprint density at radius 1 is 1.32 bits per heavy atom. The molecule has 0 heterocycles. The van der Waals surface area contributed by atoms with E-state index in [2.05, 4.69) is 16.3 Å². The first-order valence-electron chi connectivity index (χ1n) is 5.01. The fraction of sp³-hybridized carbons (Fsp3) is 0.167. The van der Waals surface area contributed by atoms with E-state index in [1.54, 1.807) is 0 Å². The zero-order valence-corrected chi connectivity index (χ0v) is 9.90. The van der Waals surface area contributed by atoms with Crippen LogP contribution < -0.4 is 4.74 Å². The summed E-state index contributed by atoms with van der Waals surface area (Å²) in [5, 5.41) is 0. The highest BCUT2D eigenvalue weighted by molar-refractivity contribution is 5.97. The maximum Gasteiger partial charge on any atom is 0.469 e. The van der Waals surface area contributed by atoms with Gasteiger partial charge in [0.1, 0.15) is 5.75 Å². The van der Waals surface area contributed by atoms with Crippen molar-refractivity contribution in [2.75, 3.05) is 7.11 Å². The molecule has 0 fully saturated rings. The van der Waals surface area contributed by atoms with Gasteiger partial charge in [0.05, 0.1) is 12.8 Å². The van der Waals surface area contributed by atoms with E-state index in [-0.39, 0.29) is 5.69 Å². The van der Waals surface area contributed by atoms with Gasteiger partial charge in [-0.05, 0) is 24.3 Å². The smallest absolute Gasteiger partial charge is 0.469 e. The Bertz CT molecular complexity index is 492. The largest absolute Gasteiger partial charge is 0.497 e. The summed E-state index contributed by atoms with van der Waals surface area (Å²) >= 11 is 0. The number of halogens is 3. The Labute approximate surface area is 107 Å². The Morgan fingerprint density at radius 3 is 2.32 bits per heavy atom. The van der Waals surface area contributed by atoms with E-state index in [0.29, 0.717) is 11.8 Å². The molecule has 0 spiro atoms. The lowest BCUT2D eigenvalue weighted by Gasteiger charge is -2.09. The van der Waals surface area contributed by atoms with Crippen LogP contribution in [0.2, 0.25) is 0 Å². The van der Waals surface area contributed by atoms with E-state index in [1.165, 1.54) is 31.4 Å². The molecule has 0 N–H and O–H groups in total. The number of aliphatic imine (C=N–C) groups is 1. The molecule has 1 aromatic rings. The molecule has 0 saturated heterocycles. The van der Waals surface area contributed by atoms with Gasteiger partial charge in [-0.2, -0.15) is 13.2 Å². The lowest BCUT2D eigenvalue weighted by atomic mass is 10.3. The van der Waals surface area contributed by atoms with Crippen molar-refractivity contribution in [1.29, 1.82) is 0 Å². The van der Waals surface area contributed by atoms with E-state index < -0.39 is 18.0 Å². The third-order valence-electron chi connectivity index (χ3n) is 1.91. The Kier molecular flexibility index (Phi) is 4.68. The molecule has 1 rings (SSSR count). The summed E-state index contributed by atoms with van der Waals surface area (Å²) in [5.74, 6) is -2.41. The molecule has 0 aromatic heterocycles. The highest BCUT2D eigenvalue weighted by Crippen LogP contribution is 2.24. The van der Waals surface area contributed by atoms with Crippen LogP contribution in [0.25, 0.3) is 0 Å². The lowest BCUT2D eigenvalue weighted by Crippen LogP contribution is -2.27. The maximum atomic E-state index is 12.6. The first kappa shape index (κ1) is 14.7. The van der Waals surface area contributed by atoms with Crippen molar-refractivity contribution in [3.63, 3.8) is 0 Å². The Balaban J connectivity index is 3.04. The van der Waals surface area contributed by atoms with Gasteiger partial charge in [0.25, 0.3) is 0 Å². The molecule has 0 amide bonds. The van der Waals surface area contributed by atoms with Gasteiger partial charge >= 0.3 is 18.0 Å². The van der Waals surface area contributed by atoms with Crippen LogP contribution in [0.4, 0.5) is 18.9 Å². The maximum absolute atomic E-state index is 12.6. The number of alkyl halides is 3. The van der Waals surface area contributed by atoms with Crippen molar-refractivity contribution in [2.24, 2.45) is 4.99 Å². The van der Waals surface area contributed by atoms with Crippen LogP contribution in [0.5, 0.6) is 5.75 Å². The highest BCUT2D eigenvalue weighted by Gasteiger charge is 2.39. The first-order valence-corrected chi connectivity index (χ1v) is 5.01. The van der Waals surface area contributed by atoms with Crippen LogP contribution in [-0.4, -0.2) is 25.2 Å². The second kappa shape index (κ2) is 6.03. The standard InChI is InChI=1S/C12H10F3NO3/c1-3-10(17)19-11(12(13,14)15)16-8-4-6-9(18-2)7-5-8/h3-7H,1H2,2H3. The average Bonchev–Trinajstić information content (AvgIpc) is 2.37. The van der Waals surface area contributed by atoms with Crippen LogP contribution in [0.3, 0.4) is 0 Å². The van der Waals surface area contributed by atoms with Gasteiger partial charge in [-0.25, -0.2) is 9.79 Å². The van der Waals surface area contributed by atoms with Crippen molar-refractivity contribution in [3.8, 4) is 5.75 Å². The van der Waals surface area contributed by atoms with Crippen molar-refractivity contribution >= 4 is 17.6 Å². The van der Waals surface area contributed by atoms with E-state index >= 15 is 0 Å². The molecular weight excluding hydrogens is 263 g/mol. The molecule has 0 atom stereocenters. The van der Waals surface area contributed by atoms with Gasteiger partial charge in [0.15, 0.2) is 0 Å². The van der Waals surface area contributed by atoms with Crippen molar-refractivity contribution < 1.29 is 27.4 Å². The fourth-order valence-electron chi connectivity index (χ4n) is 1.06. The van der Waals surface area contributed by atoms with E-state index in [9.17, 15) is 18.0 Å². The third kappa shape index (κ3) is 4.46. The number of esters is 1. The number of hydrogen-bond donors (Lipinski definition) is 0. The molecule has 102 valence electrons. The lowest BCUT2D eigenvalue weighted by molar-refractivity contribution is -0.136. The van der Waals surface area contributed by atoms with Crippen molar-refractivity contribution in [1.82, 2.24) is 0 Å². The molecule has 19 heavy (non-hydrogen) atoms. The van der Waals surface area contributed by atoms with Crippen LogP contribution in [0.15, 0.2) is 41.9 Å². The van der Waals surface area contributed by atoms with Crippen LogP contribution in [-0.2, 0) is 9.53 Å². The zero-order chi connectivity index (χ0) is 14.5. The highest BCUT2D eigenvalue weighted by atomic mass is 19.4. The quantitative estimate of drug-likeness (QED) is 0.368. The summed E-state index contributed by atoms with van der Waals surface area (Å²) in [6.45, 7) is 3.01. The molecule has 0 aliphatic heterocycles. The number of methoxy groups -OCH3 is 1. The molecule has 4 nitrogen and oxygen atoms in total. The topological polar surface area (TPSA) is 47.9 Å². The van der Waals surface area contributed by atoms with Gasteiger partial charge in [-0.1, -0.05) is 6.58 Å². The molecule has 0 radical (unpaired) electrons. The normalized spacial score (nSPS) is 11.9. The average molecular weight is 273 g/mol. The molecule has 0 saturated carbocycles. The van der Waals surface area contributed by atoms with Crippen LogP contribution in [0, 0.1) is 0 Å². The minimum atomic E-state index is -4.88. The molecular formula is C12H10F3NO3. The van der Waals surface area contributed by atoms with E-state index in [1.807, 2.05) is 0 Å². The predicted octanol–water partition coefficient (Wildman–Crippen LogP) is 3.02.